The number of likely N-dealkylation sites (tertiary alicyclic amines) is 1. The molecule has 1 unspecified atom stereocenters. The number of hydrogen-bond donors (Lipinski definition) is 1. The fraction of sp³-hybridized carbons (Fsp3) is 0.333. The largest absolute Gasteiger partial charge is 0.497 e. The van der Waals surface area contributed by atoms with Gasteiger partial charge in [0.05, 0.1) is 47.4 Å². The van der Waals surface area contributed by atoms with Crippen LogP contribution in [-0.2, 0) is 6.54 Å². The lowest BCUT2D eigenvalue weighted by molar-refractivity contribution is 0.0778. The fourth-order valence-corrected chi connectivity index (χ4v) is 6.97. The van der Waals surface area contributed by atoms with E-state index in [4.69, 9.17) is 37.7 Å². The molecule has 1 aromatic heterocycles. The summed E-state index contributed by atoms with van der Waals surface area (Å²) in [7, 11) is 4.95. The quantitative estimate of drug-likeness (QED) is 0.132. The zero-order valence-electron chi connectivity index (χ0n) is 28.5. The summed E-state index contributed by atoms with van der Waals surface area (Å²) >= 11 is 12.7. The monoisotopic (exact) mass is 717 g/mol. The molecule has 0 bridgehead atoms. The Kier molecular flexibility index (Phi) is 11.5. The van der Waals surface area contributed by atoms with Gasteiger partial charge >= 0.3 is 0 Å². The van der Waals surface area contributed by atoms with Crippen LogP contribution in [0.1, 0.15) is 46.7 Å². The molecule has 0 aliphatic carbocycles. The number of nitrogens with one attached hydrogen (secondary N) is 1. The van der Waals surface area contributed by atoms with Gasteiger partial charge in [0, 0.05) is 44.7 Å². The molecule has 0 spiro atoms. The van der Waals surface area contributed by atoms with Crippen LogP contribution < -0.4 is 14.8 Å². The second-order valence-corrected chi connectivity index (χ2v) is 13.6. The Labute approximate surface area is 302 Å². The van der Waals surface area contributed by atoms with E-state index in [1.165, 1.54) is 12.1 Å². The minimum Gasteiger partial charge on any atom is -0.497 e. The van der Waals surface area contributed by atoms with Crippen molar-refractivity contribution in [3.05, 3.63) is 117 Å². The number of ether oxygens (including phenoxy) is 2. The molecule has 11 heteroatoms. The topological polar surface area (TPSA) is 71.9 Å². The van der Waals surface area contributed by atoms with Gasteiger partial charge in [0.25, 0.3) is 5.91 Å². The smallest absolute Gasteiger partial charge is 0.257 e. The summed E-state index contributed by atoms with van der Waals surface area (Å²) in [6, 6.07) is 26.0. The third-order valence-corrected chi connectivity index (χ3v) is 10.3. The predicted molar refractivity (Wildman–Crippen MR) is 199 cm³/mol. The number of amides is 1. The molecule has 1 N–H and O–H groups in total. The molecule has 1 atom stereocenters. The SMILES string of the molecule is COc1ccc(C(=O)N(C)CC(CCN2CCC(Nc3nc4ccccc4n3Cc3ccc(F)cc3)CC2)c2ccc(Cl)c(Cl)c2)c(OC)c1. The van der Waals surface area contributed by atoms with E-state index in [0.29, 0.717) is 40.2 Å². The van der Waals surface area contributed by atoms with Crippen molar-refractivity contribution in [1.29, 1.82) is 0 Å². The number of hydrogen-bond acceptors (Lipinski definition) is 6. The molecular formula is C39H42Cl2FN5O3. The summed E-state index contributed by atoms with van der Waals surface area (Å²) in [5.41, 5.74) is 4.50. The molecule has 1 aliphatic rings. The van der Waals surface area contributed by atoms with Crippen molar-refractivity contribution in [2.75, 3.05) is 52.8 Å². The van der Waals surface area contributed by atoms with Crippen LogP contribution in [0.5, 0.6) is 11.5 Å². The summed E-state index contributed by atoms with van der Waals surface area (Å²) in [6.07, 6.45) is 2.76. The molecule has 6 rings (SSSR count). The van der Waals surface area contributed by atoms with Gasteiger partial charge in [0.1, 0.15) is 17.3 Å². The Morgan fingerprint density at radius 1 is 0.980 bits per heavy atom. The average Bonchev–Trinajstić information content (AvgIpc) is 3.48. The number of aromatic nitrogens is 2. The number of carbonyl (C=O) groups is 1. The lowest BCUT2D eigenvalue weighted by Crippen LogP contribution is -2.40. The Morgan fingerprint density at radius 2 is 1.74 bits per heavy atom. The van der Waals surface area contributed by atoms with Crippen LogP contribution in [0.15, 0.2) is 84.9 Å². The molecule has 2 heterocycles. The molecule has 1 saturated heterocycles. The predicted octanol–water partition coefficient (Wildman–Crippen LogP) is 8.37. The molecule has 50 heavy (non-hydrogen) atoms. The van der Waals surface area contributed by atoms with Gasteiger partial charge in [-0.25, -0.2) is 9.37 Å². The van der Waals surface area contributed by atoms with Crippen molar-refractivity contribution >= 4 is 46.1 Å². The van der Waals surface area contributed by atoms with Crippen molar-refractivity contribution in [2.45, 2.75) is 37.8 Å². The number of fused-ring (bicyclic) bond motifs is 1. The molecule has 262 valence electrons. The van der Waals surface area contributed by atoms with Crippen LogP contribution in [0.3, 0.4) is 0 Å². The minimum absolute atomic E-state index is 0.0326. The first-order chi connectivity index (χ1) is 24.2. The van der Waals surface area contributed by atoms with Crippen LogP contribution >= 0.6 is 23.2 Å². The van der Waals surface area contributed by atoms with Gasteiger partial charge < -0.3 is 29.2 Å². The van der Waals surface area contributed by atoms with Gasteiger partial charge in [-0.3, -0.25) is 4.79 Å². The van der Waals surface area contributed by atoms with E-state index in [-0.39, 0.29) is 23.7 Å². The van der Waals surface area contributed by atoms with Gasteiger partial charge in [-0.2, -0.15) is 0 Å². The number of piperidine rings is 1. The van der Waals surface area contributed by atoms with E-state index >= 15 is 0 Å². The summed E-state index contributed by atoms with van der Waals surface area (Å²) < 4.78 is 26.6. The van der Waals surface area contributed by atoms with Crippen LogP contribution in [-0.4, -0.2) is 78.7 Å². The van der Waals surface area contributed by atoms with E-state index in [2.05, 4.69) is 20.9 Å². The third kappa shape index (κ3) is 8.34. The highest BCUT2D eigenvalue weighted by molar-refractivity contribution is 6.42. The second-order valence-electron chi connectivity index (χ2n) is 12.8. The van der Waals surface area contributed by atoms with E-state index in [1.807, 2.05) is 55.6 Å². The Bertz CT molecular complexity index is 1930. The molecule has 8 nitrogen and oxygen atoms in total. The Balaban J connectivity index is 1.10. The number of anilines is 1. The number of para-hydroxylation sites is 2. The fourth-order valence-electron chi connectivity index (χ4n) is 6.66. The lowest BCUT2D eigenvalue weighted by atomic mass is 9.94. The highest BCUT2D eigenvalue weighted by atomic mass is 35.5. The summed E-state index contributed by atoms with van der Waals surface area (Å²) in [5.74, 6) is 1.58. The number of likely N-dealkylation sites (N-methyl/N-ethyl adjacent to an activating group) is 1. The first kappa shape index (κ1) is 35.5. The number of carbonyl (C=O) groups excluding carboxylic acids is 1. The molecular weight excluding hydrogens is 676 g/mol. The second kappa shape index (κ2) is 16.1. The maximum Gasteiger partial charge on any atom is 0.257 e. The van der Waals surface area contributed by atoms with Gasteiger partial charge in [-0.1, -0.05) is 53.5 Å². The van der Waals surface area contributed by atoms with Gasteiger partial charge in [-0.15, -0.1) is 0 Å². The van der Waals surface area contributed by atoms with Crippen LogP contribution in [0, 0.1) is 5.82 Å². The zero-order valence-corrected chi connectivity index (χ0v) is 30.1. The van der Waals surface area contributed by atoms with E-state index < -0.39 is 0 Å². The molecule has 5 aromatic rings. The zero-order chi connectivity index (χ0) is 35.2. The van der Waals surface area contributed by atoms with Crippen LogP contribution in [0.4, 0.5) is 10.3 Å². The first-order valence-corrected chi connectivity index (χ1v) is 17.6. The lowest BCUT2D eigenvalue weighted by Gasteiger charge is -2.34. The Morgan fingerprint density at radius 3 is 2.46 bits per heavy atom. The van der Waals surface area contributed by atoms with E-state index in [1.54, 1.807) is 37.3 Å². The highest BCUT2D eigenvalue weighted by Gasteiger charge is 2.25. The highest BCUT2D eigenvalue weighted by Crippen LogP contribution is 2.31. The third-order valence-electron chi connectivity index (χ3n) is 9.52. The minimum atomic E-state index is -0.243. The molecule has 4 aromatic carbocycles. The van der Waals surface area contributed by atoms with Crippen molar-refractivity contribution in [1.82, 2.24) is 19.4 Å². The summed E-state index contributed by atoms with van der Waals surface area (Å²) in [4.78, 5) is 22.8. The van der Waals surface area contributed by atoms with E-state index in [9.17, 15) is 9.18 Å². The number of methoxy groups -OCH3 is 2. The van der Waals surface area contributed by atoms with Crippen molar-refractivity contribution in [3.8, 4) is 11.5 Å². The summed E-state index contributed by atoms with van der Waals surface area (Å²) in [6.45, 7) is 3.83. The average molecular weight is 719 g/mol. The maximum absolute atomic E-state index is 13.6. The van der Waals surface area contributed by atoms with Crippen molar-refractivity contribution in [3.63, 3.8) is 0 Å². The Hall–Kier alpha value is -4.31. The first-order valence-electron chi connectivity index (χ1n) is 16.8. The number of imidazole rings is 1. The van der Waals surface area contributed by atoms with Crippen LogP contribution in [0.25, 0.3) is 11.0 Å². The molecule has 1 aliphatic heterocycles. The van der Waals surface area contributed by atoms with Gasteiger partial charge in [0.15, 0.2) is 0 Å². The van der Waals surface area contributed by atoms with Crippen LogP contribution in [0.2, 0.25) is 10.0 Å². The van der Waals surface area contributed by atoms with E-state index in [0.717, 1.165) is 67.0 Å². The maximum atomic E-state index is 13.6. The summed E-state index contributed by atoms with van der Waals surface area (Å²) in [5, 5.41) is 4.73. The normalized spacial score (nSPS) is 14.4. The molecule has 0 radical (unpaired) electrons. The number of rotatable bonds is 13. The molecule has 1 amide bonds. The number of benzene rings is 4. The molecule has 1 fully saturated rings. The number of halogens is 3. The number of nitrogens with zero attached hydrogens (tertiary/aromatic N) is 4. The standard InChI is InChI=1S/C39H42Cl2FN5O3/c1-45(38(48)32-14-13-31(49-2)23-37(32)50-3)25-28(27-10-15-33(40)34(41)22-27)16-19-46-20-17-30(18-21-46)43-39-44-35-6-4-5-7-36(35)47(39)24-26-8-11-29(42)12-9-26/h4-15,22-23,28,30H,16-21,24-25H2,1-3H3,(H,43,44). The van der Waals surface area contributed by atoms with Crippen molar-refractivity contribution in [2.24, 2.45) is 0 Å². The van der Waals surface area contributed by atoms with Gasteiger partial charge in [0.2, 0.25) is 5.95 Å². The molecule has 0 saturated carbocycles. The van der Waals surface area contributed by atoms with Crippen molar-refractivity contribution < 1.29 is 18.7 Å². The van der Waals surface area contributed by atoms with Gasteiger partial charge in [-0.05, 0) is 85.5 Å².